The van der Waals surface area contributed by atoms with Crippen LogP contribution in [0.15, 0.2) is 34.9 Å². The van der Waals surface area contributed by atoms with Gasteiger partial charge in [-0.1, -0.05) is 13.3 Å². The zero-order valence-corrected chi connectivity index (χ0v) is 18.5. The van der Waals surface area contributed by atoms with Crippen LogP contribution in [0, 0.1) is 5.92 Å². The predicted octanol–water partition coefficient (Wildman–Crippen LogP) is 3.08. The Bertz CT molecular complexity index is 870. The molecule has 1 N–H and O–H groups in total. The fourth-order valence-electron chi connectivity index (χ4n) is 3.96. The number of nitrogens with zero attached hydrogens (tertiary/aromatic N) is 1. The first-order valence-electron chi connectivity index (χ1n) is 10.4. The van der Waals surface area contributed by atoms with Crippen LogP contribution >= 0.6 is 0 Å². The van der Waals surface area contributed by atoms with E-state index in [4.69, 9.17) is 18.6 Å². The van der Waals surface area contributed by atoms with Gasteiger partial charge in [0.05, 0.1) is 33.5 Å². The summed E-state index contributed by atoms with van der Waals surface area (Å²) in [6.07, 6.45) is 3.36. The normalized spacial score (nSPS) is 18.0. The van der Waals surface area contributed by atoms with Gasteiger partial charge in [0.1, 0.15) is 0 Å². The fourth-order valence-corrected chi connectivity index (χ4v) is 3.96. The molecular weight excluding hydrogens is 400 g/mol. The van der Waals surface area contributed by atoms with Gasteiger partial charge in [-0.15, -0.1) is 0 Å². The number of amides is 2. The van der Waals surface area contributed by atoms with Crippen molar-refractivity contribution in [1.29, 1.82) is 0 Å². The highest BCUT2D eigenvalue weighted by atomic mass is 16.5. The minimum Gasteiger partial charge on any atom is -0.493 e. The largest absolute Gasteiger partial charge is 0.493 e. The molecule has 1 aliphatic rings. The van der Waals surface area contributed by atoms with E-state index in [-0.39, 0.29) is 23.5 Å². The molecule has 0 unspecified atom stereocenters. The molecule has 0 saturated carbocycles. The number of hydrogen-bond acceptors (Lipinski definition) is 6. The van der Waals surface area contributed by atoms with Crippen LogP contribution in [0.2, 0.25) is 0 Å². The molecule has 2 aromatic rings. The molecule has 1 aromatic carbocycles. The molecule has 2 amide bonds. The second-order valence-electron chi connectivity index (χ2n) is 7.50. The molecule has 8 nitrogen and oxygen atoms in total. The topological polar surface area (TPSA) is 90.2 Å². The van der Waals surface area contributed by atoms with Gasteiger partial charge in [0.15, 0.2) is 17.3 Å². The highest BCUT2D eigenvalue weighted by Gasteiger charge is 2.41. The first-order chi connectivity index (χ1) is 15.0. The molecule has 0 bridgehead atoms. The predicted molar refractivity (Wildman–Crippen MR) is 115 cm³/mol. The summed E-state index contributed by atoms with van der Waals surface area (Å²) in [5, 5.41) is 3.01. The third-order valence-corrected chi connectivity index (χ3v) is 5.62. The number of ether oxygens (including phenoxy) is 3. The number of carbonyl (C=O) groups excluding carboxylic acids is 2. The van der Waals surface area contributed by atoms with Crippen LogP contribution in [-0.4, -0.2) is 57.7 Å². The average Bonchev–Trinajstić information content (AvgIpc) is 3.48. The molecular formula is C23H30N2O6. The Hall–Kier alpha value is -3.16. The molecule has 0 spiro atoms. The standard InChI is InChI=1S/C23H30N2O6/c1-5-6-9-24-22(26)17-14-25(23(27)18-8-7-10-31-18)13-16(17)15-11-19(28-2)21(30-4)20(12-15)29-3/h7-8,10-12,16-17H,5-6,9,13-14H2,1-4H3,(H,24,26)/t16-,17+/m0/s1. The lowest BCUT2D eigenvalue weighted by Gasteiger charge is -2.21. The Morgan fingerprint density at radius 1 is 1.13 bits per heavy atom. The van der Waals surface area contributed by atoms with Crippen molar-refractivity contribution in [2.45, 2.75) is 25.7 Å². The number of rotatable bonds is 9. The van der Waals surface area contributed by atoms with Crippen LogP contribution in [0.25, 0.3) is 0 Å². The van der Waals surface area contributed by atoms with Gasteiger partial charge < -0.3 is 28.8 Å². The summed E-state index contributed by atoms with van der Waals surface area (Å²) < 4.78 is 21.7. The van der Waals surface area contributed by atoms with Crippen LogP contribution < -0.4 is 19.5 Å². The van der Waals surface area contributed by atoms with Gasteiger partial charge in [-0.25, -0.2) is 0 Å². The molecule has 2 heterocycles. The molecule has 0 aliphatic carbocycles. The van der Waals surface area contributed by atoms with Gasteiger partial charge in [-0.05, 0) is 36.2 Å². The van der Waals surface area contributed by atoms with E-state index in [2.05, 4.69) is 12.2 Å². The summed E-state index contributed by atoms with van der Waals surface area (Å²) >= 11 is 0. The number of benzene rings is 1. The number of unbranched alkanes of at least 4 members (excludes halogenated alkanes) is 1. The minimum absolute atomic E-state index is 0.0676. The minimum atomic E-state index is -0.404. The van der Waals surface area contributed by atoms with Crippen LogP contribution in [0.4, 0.5) is 0 Å². The second kappa shape index (κ2) is 10.2. The first-order valence-corrected chi connectivity index (χ1v) is 10.4. The number of hydrogen-bond donors (Lipinski definition) is 1. The van der Waals surface area contributed by atoms with Crippen molar-refractivity contribution in [2.75, 3.05) is 41.0 Å². The lowest BCUT2D eigenvalue weighted by molar-refractivity contribution is -0.124. The smallest absolute Gasteiger partial charge is 0.289 e. The van der Waals surface area contributed by atoms with E-state index in [0.29, 0.717) is 36.9 Å². The maximum atomic E-state index is 13.0. The summed E-state index contributed by atoms with van der Waals surface area (Å²) in [4.78, 5) is 27.6. The summed E-state index contributed by atoms with van der Waals surface area (Å²) in [7, 11) is 4.65. The summed E-state index contributed by atoms with van der Waals surface area (Å²) in [6.45, 7) is 3.37. The fraction of sp³-hybridized carbons (Fsp3) is 0.478. The van der Waals surface area contributed by atoms with E-state index in [0.717, 1.165) is 18.4 Å². The number of furan rings is 1. The third kappa shape index (κ3) is 4.78. The van der Waals surface area contributed by atoms with Crippen molar-refractivity contribution in [3.05, 3.63) is 41.9 Å². The molecule has 1 saturated heterocycles. The molecule has 3 rings (SSSR count). The SMILES string of the molecule is CCCCNC(=O)[C@@H]1CN(C(=O)c2ccco2)C[C@H]1c1cc(OC)c(OC)c(OC)c1. The van der Waals surface area contributed by atoms with E-state index in [9.17, 15) is 9.59 Å². The highest BCUT2D eigenvalue weighted by molar-refractivity contribution is 5.92. The van der Waals surface area contributed by atoms with Crippen molar-refractivity contribution < 1.29 is 28.2 Å². The van der Waals surface area contributed by atoms with E-state index >= 15 is 0 Å². The Kier molecular flexibility index (Phi) is 7.44. The summed E-state index contributed by atoms with van der Waals surface area (Å²) in [6, 6.07) is 7.00. The van der Waals surface area contributed by atoms with Gasteiger partial charge in [-0.3, -0.25) is 9.59 Å². The lowest BCUT2D eigenvalue weighted by Crippen LogP contribution is -2.36. The van der Waals surface area contributed by atoms with Crippen molar-refractivity contribution in [3.63, 3.8) is 0 Å². The second-order valence-corrected chi connectivity index (χ2v) is 7.50. The van der Waals surface area contributed by atoms with Gasteiger partial charge in [0.2, 0.25) is 11.7 Å². The molecule has 168 valence electrons. The number of methoxy groups -OCH3 is 3. The zero-order valence-electron chi connectivity index (χ0n) is 18.5. The Labute approximate surface area is 182 Å². The molecule has 0 radical (unpaired) electrons. The van der Waals surface area contributed by atoms with Crippen LogP contribution in [-0.2, 0) is 4.79 Å². The van der Waals surface area contributed by atoms with Gasteiger partial charge in [0, 0.05) is 25.6 Å². The number of likely N-dealkylation sites (tertiary alicyclic amines) is 1. The van der Waals surface area contributed by atoms with Gasteiger partial charge >= 0.3 is 0 Å². The molecule has 8 heteroatoms. The van der Waals surface area contributed by atoms with E-state index < -0.39 is 5.92 Å². The Balaban J connectivity index is 1.94. The molecule has 1 aliphatic heterocycles. The van der Waals surface area contributed by atoms with Crippen molar-refractivity contribution in [3.8, 4) is 17.2 Å². The van der Waals surface area contributed by atoms with E-state index in [1.807, 2.05) is 12.1 Å². The molecule has 1 aromatic heterocycles. The number of nitrogens with one attached hydrogen (secondary N) is 1. The lowest BCUT2D eigenvalue weighted by atomic mass is 9.88. The Morgan fingerprint density at radius 2 is 1.84 bits per heavy atom. The highest BCUT2D eigenvalue weighted by Crippen LogP contribution is 2.43. The van der Waals surface area contributed by atoms with Gasteiger partial charge in [0.25, 0.3) is 5.91 Å². The van der Waals surface area contributed by atoms with Crippen LogP contribution in [0.5, 0.6) is 17.2 Å². The average molecular weight is 431 g/mol. The van der Waals surface area contributed by atoms with Crippen molar-refractivity contribution in [2.24, 2.45) is 5.92 Å². The Morgan fingerprint density at radius 3 is 2.39 bits per heavy atom. The van der Waals surface area contributed by atoms with Gasteiger partial charge in [-0.2, -0.15) is 0 Å². The molecule has 2 atom stereocenters. The van der Waals surface area contributed by atoms with E-state index in [1.165, 1.54) is 6.26 Å². The van der Waals surface area contributed by atoms with E-state index in [1.54, 1.807) is 38.4 Å². The molecule has 1 fully saturated rings. The summed E-state index contributed by atoms with van der Waals surface area (Å²) in [5.74, 6) is 0.839. The zero-order chi connectivity index (χ0) is 22.4. The number of carbonyl (C=O) groups is 2. The molecule has 31 heavy (non-hydrogen) atoms. The quantitative estimate of drug-likeness (QED) is 0.615. The van der Waals surface area contributed by atoms with Crippen molar-refractivity contribution in [1.82, 2.24) is 10.2 Å². The first kappa shape index (κ1) is 22.5. The third-order valence-electron chi connectivity index (χ3n) is 5.62. The van der Waals surface area contributed by atoms with Crippen LogP contribution in [0.1, 0.15) is 41.8 Å². The maximum Gasteiger partial charge on any atom is 0.289 e. The monoisotopic (exact) mass is 430 g/mol. The maximum absolute atomic E-state index is 13.0. The summed E-state index contributed by atoms with van der Waals surface area (Å²) in [5.41, 5.74) is 0.847. The van der Waals surface area contributed by atoms with Crippen molar-refractivity contribution >= 4 is 11.8 Å². The van der Waals surface area contributed by atoms with Crippen LogP contribution in [0.3, 0.4) is 0 Å².